The van der Waals surface area contributed by atoms with Gasteiger partial charge in [0.05, 0.1) is 11.9 Å². The van der Waals surface area contributed by atoms with Gasteiger partial charge in [0.25, 0.3) is 0 Å². The zero-order valence-electron chi connectivity index (χ0n) is 20.7. The smallest absolute Gasteiger partial charge is 0.244 e. The fraction of sp³-hybridized carbons (Fsp3) is 0.286. The molecule has 0 aliphatic heterocycles. The standard InChI is InChI=1S/C28H33N3O4S/c1-3-19-29-28(33)26(20-23-13-7-4-8-14-23)30(21-24-15-9-5-10-16-24)27(32)22-31(36(2,34)35)25-17-11-6-12-18-25/h4-18,26H,3,19-22H2,1-2H3,(H,29,33)/t26-/m0/s1. The third-order valence-corrected chi connectivity index (χ3v) is 6.88. The average molecular weight is 508 g/mol. The molecule has 0 aliphatic carbocycles. The van der Waals surface area contributed by atoms with Crippen LogP contribution in [-0.4, -0.2) is 50.5 Å². The maximum atomic E-state index is 13.8. The molecule has 0 bridgehead atoms. The number of nitrogens with zero attached hydrogens (tertiary/aromatic N) is 2. The van der Waals surface area contributed by atoms with Gasteiger partial charge in [-0.2, -0.15) is 0 Å². The molecule has 0 aromatic heterocycles. The van der Waals surface area contributed by atoms with Crippen molar-refractivity contribution in [2.45, 2.75) is 32.4 Å². The van der Waals surface area contributed by atoms with Crippen LogP contribution in [0, 0.1) is 0 Å². The van der Waals surface area contributed by atoms with Crippen LogP contribution in [0.5, 0.6) is 0 Å². The van der Waals surface area contributed by atoms with Gasteiger partial charge in [-0.25, -0.2) is 8.42 Å². The van der Waals surface area contributed by atoms with E-state index in [1.54, 1.807) is 30.3 Å². The van der Waals surface area contributed by atoms with Gasteiger partial charge in [0.2, 0.25) is 21.8 Å². The third kappa shape index (κ3) is 7.68. The summed E-state index contributed by atoms with van der Waals surface area (Å²) >= 11 is 0. The highest BCUT2D eigenvalue weighted by Crippen LogP contribution is 2.20. The molecule has 0 aliphatic rings. The minimum atomic E-state index is -3.75. The molecule has 3 rings (SSSR count). The summed E-state index contributed by atoms with van der Waals surface area (Å²) in [5, 5.41) is 2.92. The molecule has 0 radical (unpaired) electrons. The first-order chi connectivity index (χ1) is 17.3. The molecule has 1 atom stereocenters. The maximum absolute atomic E-state index is 13.8. The van der Waals surface area contributed by atoms with Gasteiger partial charge in [-0.05, 0) is 29.7 Å². The molecule has 0 spiro atoms. The number of rotatable bonds is 12. The quantitative estimate of drug-likeness (QED) is 0.406. The van der Waals surface area contributed by atoms with Crippen molar-refractivity contribution in [1.82, 2.24) is 10.2 Å². The van der Waals surface area contributed by atoms with Crippen molar-refractivity contribution in [2.24, 2.45) is 0 Å². The molecule has 36 heavy (non-hydrogen) atoms. The molecular weight excluding hydrogens is 474 g/mol. The molecule has 3 aromatic rings. The van der Waals surface area contributed by atoms with E-state index in [0.717, 1.165) is 28.1 Å². The van der Waals surface area contributed by atoms with Crippen LogP contribution in [0.3, 0.4) is 0 Å². The zero-order chi connectivity index (χ0) is 26.0. The number of hydrogen-bond donors (Lipinski definition) is 1. The van der Waals surface area contributed by atoms with E-state index < -0.39 is 28.5 Å². The Bertz CT molecular complexity index is 1220. The van der Waals surface area contributed by atoms with E-state index in [0.29, 0.717) is 18.7 Å². The fourth-order valence-corrected chi connectivity index (χ4v) is 4.76. The summed E-state index contributed by atoms with van der Waals surface area (Å²) in [5.41, 5.74) is 2.14. The van der Waals surface area contributed by atoms with E-state index in [9.17, 15) is 18.0 Å². The molecule has 3 aromatic carbocycles. The van der Waals surface area contributed by atoms with E-state index in [1.165, 1.54) is 4.90 Å². The maximum Gasteiger partial charge on any atom is 0.244 e. The Morgan fingerprint density at radius 1 is 0.833 bits per heavy atom. The SMILES string of the molecule is CCCNC(=O)[C@H](Cc1ccccc1)N(Cc1ccccc1)C(=O)CN(c1ccccc1)S(C)(=O)=O. The second-order valence-corrected chi connectivity index (χ2v) is 10.5. The van der Waals surface area contributed by atoms with Gasteiger partial charge < -0.3 is 10.2 Å². The summed E-state index contributed by atoms with van der Waals surface area (Å²) < 4.78 is 26.4. The first kappa shape index (κ1) is 26.9. The van der Waals surface area contributed by atoms with E-state index in [-0.39, 0.29) is 12.5 Å². The predicted molar refractivity (Wildman–Crippen MR) is 143 cm³/mol. The lowest BCUT2D eigenvalue weighted by Crippen LogP contribution is -2.53. The van der Waals surface area contributed by atoms with Crippen molar-refractivity contribution in [3.8, 4) is 0 Å². The number of carbonyl (C=O) groups excluding carboxylic acids is 2. The highest BCUT2D eigenvalue weighted by molar-refractivity contribution is 7.92. The van der Waals surface area contributed by atoms with Gasteiger partial charge in [-0.3, -0.25) is 13.9 Å². The van der Waals surface area contributed by atoms with Gasteiger partial charge in [0.1, 0.15) is 12.6 Å². The van der Waals surface area contributed by atoms with Crippen LogP contribution in [0.15, 0.2) is 91.0 Å². The summed E-state index contributed by atoms with van der Waals surface area (Å²) in [5.74, 6) is -0.726. The van der Waals surface area contributed by atoms with Gasteiger partial charge >= 0.3 is 0 Å². The number of carbonyl (C=O) groups is 2. The largest absolute Gasteiger partial charge is 0.354 e. The summed E-state index contributed by atoms with van der Waals surface area (Å²) in [6.45, 7) is 2.20. The fourth-order valence-electron chi connectivity index (χ4n) is 3.91. The van der Waals surface area contributed by atoms with Crippen molar-refractivity contribution < 1.29 is 18.0 Å². The lowest BCUT2D eigenvalue weighted by Gasteiger charge is -2.33. The molecule has 1 N–H and O–H groups in total. The number of para-hydroxylation sites is 1. The second kappa shape index (κ2) is 12.9. The Morgan fingerprint density at radius 2 is 1.36 bits per heavy atom. The molecular formula is C28H33N3O4S. The van der Waals surface area contributed by atoms with Crippen molar-refractivity contribution >= 4 is 27.5 Å². The lowest BCUT2D eigenvalue weighted by molar-refractivity contribution is -0.140. The van der Waals surface area contributed by atoms with Crippen LogP contribution in [0.25, 0.3) is 0 Å². The summed E-state index contributed by atoms with van der Waals surface area (Å²) in [4.78, 5) is 28.7. The first-order valence-corrected chi connectivity index (χ1v) is 13.8. The minimum Gasteiger partial charge on any atom is -0.354 e. The van der Waals surface area contributed by atoms with E-state index in [4.69, 9.17) is 0 Å². The normalized spacial score (nSPS) is 11.9. The molecule has 0 saturated carbocycles. The Morgan fingerprint density at radius 3 is 1.89 bits per heavy atom. The molecule has 8 heteroatoms. The third-order valence-electron chi connectivity index (χ3n) is 5.74. The molecule has 0 saturated heterocycles. The number of anilines is 1. The number of hydrogen-bond acceptors (Lipinski definition) is 4. The summed E-state index contributed by atoms with van der Waals surface area (Å²) in [7, 11) is -3.75. The Kier molecular flexibility index (Phi) is 9.64. The van der Waals surface area contributed by atoms with Gasteiger partial charge in [-0.1, -0.05) is 85.8 Å². The predicted octanol–water partition coefficient (Wildman–Crippen LogP) is 3.62. The molecule has 2 amide bonds. The van der Waals surface area contributed by atoms with E-state index in [1.807, 2.05) is 67.6 Å². The summed E-state index contributed by atoms with van der Waals surface area (Å²) in [6, 6.07) is 26.6. The van der Waals surface area contributed by atoms with Crippen LogP contribution in [0.4, 0.5) is 5.69 Å². The Hall–Kier alpha value is -3.65. The van der Waals surface area contributed by atoms with Gasteiger partial charge in [-0.15, -0.1) is 0 Å². The first-order valence-electron chi connectivity index (χ1n) is 12.0. The number of nitrogens with one attached hydrogen (secondary N) is 1. The van der Waals surface area contributed by atoms with Crippen LogP contribution in [0.2, 0.25) is 0 Å². The molecule has 0 unspecified atom stereocenters. The Labute approximate surface area is 213 Å². The molecule has 7 nitrogen and oxygen atoms in total. The van der Waals surface area contributed by atoms with Crippen molar-refractivity contribution in [3.63, 3.8) is 0 Å². The highest BCUT2D eigenvalue weighted by Gasteiger charge is 2.32. The Balaban J connectivity index is 2.00. The van der Waals surface area contributed by atoms with Crippen LogP contribution < -0.4 is 9.62 Å². The van der Waals surface area contributed by atoms with E-state index >= 15 is 0 Å². The zero-order valence-corrected chi connectivity index (χ0v) is 21.5. The topological polar surface area (TPSA) is 86.8 Å². The van der Waals surface area contributed by atoms with Gasteiger partial charge in [0.15, 0.2) is 0 Å². The second-order valence-electron chi connectivity index (χ2n) is 8.61. The van der Waals surface area contributed by atoms with Gasteiger partial charge in [0, 0.05) is 19.5 Å². The van der Waals surface area contributed by atoms with Crippen LogP contribution in [0.1, 0.15) is 24.5 Å². The molecule has 0 fully saturated rings. The number of amides is 2. The minimum absolute atomic E-state index is 0.170. The van der Waals surface area contributed by atoms with Crippen molar-refractivity contribution in [3.05, 3.63) is 102 Å². The van der Waals surface area contributed by atoms with Crippen molar-refractivity contribution in [1.29, 1.82) is 0 Å². The highest BCUT2D eigenvalue weighted by atomic mass is 32.2. The van der Waals surface area contributed by atoms with E-state index in [2.05, 4.69) is 5.32 Å². The molecule has 0 heterocycles. The average Bonchev–Trinajstić information content (AvgIpc) is 2.88. The van der Waals surface area contributed by atoms with Crippen LogP contribution >= 0.6 is 0 Å². The lowest BCUT2D eigenvalue weighted by atomic mass is 10.0. The van der Waals surface area contributed by atoms with Crippen molar-refractivity contribution in [2.75, 3.05) is 23.7 Å². The monoisotopic (exact) mass is 507 g/mol. The number of sulfonamides is 1. The summed E-state index contributed by atoms with van der Waals surface area (Å²) in [6.07, 6.45) is 2.13. The van der Waals surface area contributed by atoms with Crippen LogP contribution in [-0.2, 0) is 32.6 Å². The number of benzene rings is 3. The molecule has 190 valence electrons.